The van der Waals surface area contributed by atoms with E-state index in [1.807, 2.05) is 32.9 Å². The number of carbonyl (C=O) groups excluding carboxylic acids is 1. The minimum Gasteiger partial charge on any atom is -0.497 e. The van der Waals surface area contributed by atoms with Crippen molar-refractivity contribution in [2.75, 3.05) is 37.1 Å². The molecule has 1 aliphatic heterocycles. The van der Waals surface area contributed by atoms with Gasteiger partial charge in [0.2, 0.25) is 5.91 Å². The largest absolute Gasteiger partial charge is 0.497 e. The number of halogens is 2. The number of aliphatic hydroxyl groups is 1. The maximum Gasteiger partial charge on any atom is 0.236 e. The second-order valence-electron chi connectivity index (χ2n) is 10.1. The number of aromatic nitrogens is 1. The summed E-state index contributed by atoms with van der Waals surface area (Å²) < 4.78 is 19.3. The van der Waals surface area contributed by atoms with Crippen molar-refractivity contribution in [3.63, 3.8) is 0 Å². The number of amides is 1. The second kappa shape index (κ2) is 10.7. The summed E-state index contributed by atoms with van der Waals surface area (Å²) in [6, 6.07) is 11.8. The molecule has 0 unspecified atom stereocenters. The van der Waals surface area contributed by atoms with E-state index in [2.05, 4.69) is 4.90 Å². The minimum absolute atomic E-state index is 0.00313. The Labute approximate surface area is 222 Å². The fourth-order valence-corrected chi connectivity index (χ4v) is 5.25. The highest BCUT2D eigenvalue weighted by Gasteiger charge is 2.35. The number of likely N-dealkylation sites (N-methyl/N-ethyl adjacent to an activating group) is 1. The molecule has 0 aliphatic carbocycles. The van der Waals surface area contributed by atoms with Gasteiger partial charge in [0, 0.05) is 24.2 Å². The van der Waals surface area contributed by atoms with Crippen LogP contribution in [0.4, 0.5) is 15.9 Å². The number of benzene rings is 2. The Hall–Kier alpha value is -3.16. The summed E-state index contributed by atoms with van der Waals surface area (Å²) >= 11 is 6.31. The van der Waals surface area contributed by atoms with Gasteiger partial charge < -0.3 is 19.6 Å². The number of carbonyl (C=O) groups is 1. The third-order valence-corrected chi connectivity index (χ3v) is 7.48. The Bertz CT molecular complexity index is 1310. The number of ether oxygens (including phenoxy) is 1. The minimum atomic E-state index is -0.933. The smallest absolute Gasteiger partial charge is 0.236 e. The molecule has 0 radical (unpaired) electrons. The molecular weight excluding hydrogens is 493 g/mol. The summed E-state index contributed by atoms with van der Waals surface area (Å²) in [6.07, 6.45) is 3.54. The van der Waals surface area contributed by atoms with Crippen molar-refractivity contribution in [1.82, 2.24) is 4.98 Å². The van der Waals surface area contributed by atoms with E-state index < -0.39 is 5.41 Å². The first-order chi connectivity index (χ1) is 17.6. The van der Waals surface area contributed by atoms with Crippen molar-refractivity contribution in [2.45, 2.75) is 45.1 Å². The van der Waals surface area contributed by atoms with Crippen molar-refractivity contribution >= 4 is 29.0 Å². The van der Waals surface area contributed by atoms with Crippen LogP contribution in [-0.4, -0.2) is 49.3 Å². The summed E-state index contributed by atoms with van der Waals surface area (Å²) in [6.45, 7) is 6.37. The van der Waals surface area contributed by atoms with E-state index >= 15 is 0 Å². The maximum atomic E-state index is 14.0. The van der Waals surface area contributed by atoms with Crippen LogP contribution in [0.5, 0.6) is 5.75 Å². The van der Waals surface area contributed by atoms with Gasteiger partial charge in [0.15, 0.2) is 0 Å². The van der Waals surface area contributed by atoms with Crippen LogP contribution in [0, 0.1) is 12.7 Å². The van der Waals surface area contributed by atoms with Crippen molar-refractivity contribution < 1.29 is 19.0 Å². The molecule has 1 N–H and O–H groups in total. The highest BCUT2D eigenvalue weighted by Crippen LogP contribution is 2.39. The van der Waals surface area contributed by atoms with Crippen molar-refractivity contribution in [3.8, 4) is 16.9 Å². The molecule has 0 bridgehead atoms. The molecule has 0 saturated carbocycles. The van der Waals surface area contributed by atoms with E-state index in [0.717, 1.165) is 47.5 Å². The van der Waals surface area contributed by atoms with Gasteiger partial charge in [-0.1, -0.05) is 17.7 Å². The zero-order chi connectivity index (χ0) is 26.9. The molecule has 0 spiro atoms. The van der Waals surface area contributed by atoms with E-state index in [1.165, 1.54) is 12.1 Å². The number of anilines is 2. The quantitative estimate of drug-likeness (QED) is 0.425. The third-order valence-electron chi connectivity index (χ3n) is 7.26. The fourth-order valence-electron chi connectivity index (χ4n) is 5.03. The van der Waals surface area contributed by atoms with E-state index in [0.29, 0.717) is 16.5 Å². The summed E-state index contributed by atoms with van der Waals surface area (Å²) in [5.41, 5.74) is 2.71. The van der Waals surface area contributed by atoms with Gasteiger partial charge in [-0.05, 0) is 86.7 Å². The van der Waals surface area contributed by atoms with Crippen molar-refractivity contribution in [2.24, 2.45) is 0 Å². The molecule has 2 heterocycles. The van der Waals surface area contributed by atoms with Crippen LogP contribution in [0.25, 0.3) is 11.1 Å². The number of rotatable bonds is 7. The zero-order valence-corrected chi connectivity index (χ0v) is 22.6. The molecule has 3 aromatic rings. The first kappa shape index (κ1) is 26.9. The van der Waals surface area contributed by atoms with Gasteiger partial charge in [-0.2, -0.15) is 0 Å². The molecule has 8 heteroatoms. The Balaban J connectivity index is 1.80. The molecule has 37 heavy (non-hydrogen) atoms. The van der Waals surface area contributed by atoms with Gasteiger partial charge in [0.05, 0.1) is 37.1 Å². The fraction of sp³-hybridized carbons (Fsp3) is 0.379. The molecular formula is C29H33ClFN3O3. The second-order valence-corrected chi connectivity index (χ2v) is 10.5. The molecule has 4 rings (SSSR count). The van der Waals surface area contributed by atoms with Gasteiger partial charge in [0.25, 0.3) is 0 Å². The number of hydrogen-bond acceptors (Lipinski definition) is 5. The van der Waals surface area contributed by atoms with Gasteiger partial charge >= 0.3 is 0 Å². The van der Waals surface area contributed by atoms with Crippen LogP contribution >= 0.6 is 11.6 Å². The number of methoxy groups -OCH3 is 1. The van der Waals surface area contributed by atoms with Crippen LogP contribution in [0.3, 0.4) is 0 Å². The Morgan fingerprint density at radius 3 is 2.68 bits per heavy atom. The van der Waals surface area contributed by atoms with Crippen molar-refractivity contribution in [3.05, 3.63) is 70.6 Å². The molecule has 196 valence electrons. The summed E-state index contributed by atoms with van der Waals surface area (Å²) in [7, 11) is 3.28. The predicted molar refractivity (Wildman–Crippen MR) is 146 cm³/mol. The standard InChI is InChI=1S/C29H33ClFN3O3/c1-18-11-21(31)8-9-24(18)25-15-27(34-10-6-7-22(34)17-35)32-16-26(25)33(4)28(36)29(2,3)19-12-20(30)14-23(13-19)37-5/h8-9,11-16,22,35H,6-7,10,17H2,1-5H3/t22-/m0/s1. The van der Waals surface area contributed by atoms with E-state index in [4.69, 9.17) is 21.3 Å². The molecule has 1 fully saturated rings. The highest BCUT2D eigenvalue weighted by molar-refractivity contribution is 6.30. The predicted octanol–water partition coefficient (Wildman–Crippen LogP) is 5.76. The van der Waals surface area contributed by atoms with Gasteiger partial charge in [-0.3, -0.25) is 4.79 Å². The average Bonchev–Trinajstić information content (AvgIpc) is 3.36. The zero-order valence-electron chi connectivity index (χ0n) is 21.9. The first-order valence-corrected chi connectivity index (χ1v) is 12.7. The lowest BCUT2D eigenvalue weighted by atomic mass is 9.83. The molecule has 6 nitrogen and oxygen atoms in total. The molecule has 1 aliphatic rings. The third kappa shape index (κ3) is 5.29. The topological polar surface area (TPSA) is 65.9 Å². The number of aryl methyl sites for hydroxylation is 1. The monoisotopic (exact) mass is 525 g/mol. The highest BCUT2D eigenvalue weighted by atomic mass is 35.5. The SMILES string of the molecule is COc1cc(Cl)cc(C(C)(C)C(=O)N(C)c2cnc(N3CCC[C@H]3CO)cc2-c2ccc(F)cc2C)c1. The molecule has 1 amide bonds. The van der Waals surface area contributed by atoms with E-state index in [-0.39, 0.29) is 24.4 Å². The lowest BCUT2D eigenvalue weighted by Crippen LogP contribution is -2.42. The Kier molecular flexibility index (Phi) is 7.76. The summed E-state index contributed by atoms with van der Waals surface area (Å²) in [5.74, 6) is 0.807. The normalized spacial score (nSPS) is 15.7. The maximum absolute atomic E-state index is 14.0. The summed E-state index contributed by atoms with van der Waals surface area (Å²) in [4.78, 5) is 22.3. The molecule has 2 aromatic carbocycles. The lowest BCUT2D eigenvalue weighted by Gasteiger charge is -2.32. The summed E-state index contributed by atoms with van der Waals surface area (Å²) in [5, 5.41) is 10.3. The van der Waals surface area contributed by atoms with Crippen LogP contribution in [0.1, 0.15) is 37.8 Å². The molecule has 1 aromatic heterocycles. The lowest BCUT2D eigenvalue weighted by molar-refractivity contribution is -0.122. The number of pyridine rings is 1. The van der Waals surface area contributed by atoms with Gasteiger partial charge in [0.1, 0.15) is 17.4 Å². The van der Waals surface area contributed by atoms with Gasteiger partial charge in [-0.25, -0.2) is 9.37 Å². The number of aliphatic hydroxyl groups excluding tert-OH is 1. The Morgan fingerprint density at radius 2 is 2.00 bits per heavy atom. The Morgan fingerprint density at radius 1 is 1.24 bits per heavy atom. The molecule has 1 saturated heterocycles. The van der Waals surface area contributed by atoms with Crippen molar-refractivity contribution in [1.29, 1.82) is 0 Å². The molecule has 1 atom stereocenters. The van der Waals surface area contributed by atoms with E-state index in [1.54, 1.807) is 43.5 Å². The first-order valence-electron chi connectivity index (χ1n) is 12.3. The van der Waals surface area contributed by atoms with Gasteiger partial charge in [-0.15, -0.1) is 0 Å². The van der Waals surface area contributed by atoms with Crippen LogP contribution < -0.4 is 14.5 Å². The van der Waals surface area contributed by atoms with E-state index in [9.17, 15) is 14.3 Å². The number of hydrogen-bond donors (Lipinski definition) is 1. The van der Waals surface area contributed by atoms with Crippen LogP contribution in [-0.2, 0) is 10.2 Å². The average molecular weight is 526 g/mol. The van der Waals surface area contributed by atoms with Crippen LogP contribution in [0.2, 0.25) is 5.02 Å². The number of nitrogens with zero attached hydrogens (tertiary/aromatic N) is 3. The van der Waals surface area contributed by atoms with Crippen LogP contribution in [0.15, 0.2) is 48.7 Å².